The average molecular weight is 1560 g/mol. The van der Waals surface area contributed by atoms with Gasteiger partial charge >= 0.3 is 11.9 Å². The number of likely N-dealkylation sites (N-methyl/N-ethyl adjacent to an activating group) is 2. The maximum absolute atomic E-state index is 15.1. The van der Waals surface area contributed by atoms with Crippen LogP contribution in [0, 0.1) is 17.8 Å². The fourth-order valence-electron chi connectivity index (χ4n) is 12.4. The molecule has 0 saturated carbocycles. The Kier molecular flexibility index (Phi) is 39.1. The van der Waals surface area contributed by atoms with Crippen LogP contribution in [0.3, 0.4) is 0 Å². The number of rotatable bonds is 27. The van der Waals surface area contributed by atoms with Gasteiger partial charge in [0.25, 0.3) is 0 Å². The Morgan fingerprint density at radius 2 is 1.02 bits per heavy atom. The maximum atomic E-state index is 15.1. The van der Waals surface area contributed by atoms with Crippen molar-refractivity contribution < 1.29 is 96.8 Å². The van der Waals surface area contributed by atoms with Gasteiger partial charge in [-0.05, 0) is 106 Å². The number of para-hydroxylation sites is 1. The van der Waals surface area contributed by atoms with Gasteiger partial charge in [-0.1, -0.05) is 96.5 Å². The molecule has 22 N–H and O–H groups in total. The molecule has 2 heterocycles. The van der Waals surface area contributed by atoms with E-state index in [-0.39, 0.29) is 76.3 Å². The minimum atomic E-state index is -1.96. The molecule has 12 atom stereocenters. The number of benzene rings is 2. The molecule has 1 aliphatic rings. The average Bonchev–Trinajstić information content (AvgIpc) is 1.37. The highest BCUT2D eigenvalue weighted by Crippen LogP contribution is 2.23. The number of esters is 1. The standard InChI is InChI=1S/C74H113N17O20/c1-40(2)18-16-21-45-33-60(96)81-56(39-93)71(107)87-54(35-59(78)95)70(106)89-55(38-92)64(100)80-37-61(97)90(7)57(31-43-19-10-9-11-20-43)72(108)88-51(30-41(3)4)67(103)82-48(25-17-29-76)65(101)83-49(26-27-62(98)99)66(102)86-53(34-58(77)94)69(105)85-52(32-44-36-79-47-23-13-12-22-46(44)47)68(104)84-50(24-14-15-28-75)73(109)91(8)63(42(5)6)74(110)111-45/h9-13,19-20,22-23,36,40-42,45,48-57,63,79,92-93H,14-18,21,24-35,37-39,75-76H2,1-8H3,(H2,77,94)(H2,78,95)(H,80,100)(H,81,96)(H,82,103)(H,83,101)(H,84,104)(H,85,105)(H,86,102)(H,87,107)(H,88,108)(H,89,106)(H,98,99)/t45-,48-,49+,50-,51+,52-,53-,54-,55+,56+,57-,63+/m1/s1. The first-order valence-corrected chi connectivity index (χ1v) is 37.2. The summed E-state index contributed by atoms with van der Waals surface area (Å²) in [4.78, 5) is 230. The molecule has 1 aromatic heterocycles. The molecular weight excluding hydrogens is 1450 g/mol. The lowest BCUT2D eigenvalue weighted by Gasteiger charge is -2.34. The number of fused-ring (bicyclic) bond motifs is 1. The summed E-state index contributed by atoms with van der Waals surface area (Å²) in [6, 6.07) is -3.41. The quantitative estimate of drug-likeness (QED) is 0.0259. The number of hydrogen-bond acceptors (Lipinski definition) is 21. The topological polar surface area (TPSA) is 590 Å². The van der Waals surface area contributed by atoms with Crippen molar-refractivity contribution in [2.75, 3.05) is 46.9 Å². The predicted molar refractivity (Wildman–Crippen MR) is 403 cm³/mol. The van der Waals surface area contributed by atoms with Crippen molar-refractivity contribution in [3.05, 3.63) is 71.9 Å². The number of aromatic amines is 1. The van der Waals surface area contributed by atoms with Crippen LogP contribution in [0.1, 0.15) is 143 Å². The molecule has 0 bridgehead atoms. The third kappa shape index (κ3) is 31.0. The number of aliphatic hydroxyl groups excluding tert-OH is 2. The van der Waals surface area contributed by atoms with Gasteiger partial charge in [-0.2, -0.15) is 0 Å². The van der Waals surface area contributed by atoms with E-state index in [9.17, 15) is 82.4 Å². The number of carbonyl (C=O) groups is 16. The first-order chi connectivity index (χ1) is 52.5. The number of nitrogens with two attached hydrogens (primary N) is 4. The normalized spacial score (nSPS) is 23.9. The van der Waals surface area contributed by atoms with E-state index in [0.29, 0.717) is 41.3 Å². The number of cyclic esters (lactones) is 1. The van der Waals surface area contributed by atoms with Gasteiger partial charge in [0.05, 0.1) is 39.0 Å². The molecule has 0 unspecified atom stereocenters. The number of amides is 14. The predicted octanol–water partition coefficient (Wildman–Crippen LogP) is -3.60. The largest absolute Gasteiger partial charge is 0.481 e. The number of hydrogen-bond donors (Lipinski definition) is 18. The molecule has 111 heavy (non-hydrogen) atoms. The van der Waals surface area contributed by atoms with E-state index >= 15 is 9.59 Å². The van der Waals surface area contributed by atoms with E-state index in [0.717, 1.165) is 9.80 Å². The highest BCUT2D eigenvalue weighted by atomic mass is 16.5. The number of nitrogens with zero attached hydrogens (tertiary/aromatic N) is 2. The van der Waals surface area contributed by atoms with Gasteiger partial charge in [0, 0.05) is 50.5 Å². The number of aliphatic hydroxyl groups is 2. The van der Waals surface area contributed by atoms with E-state index in [1.54, 1.807) is 88.5 Å². The number of carbonyl (C=O) groups excluding carboxylic acids is 15. The van der Waals surface area contributed by atoms with Crippen molar-refractivity contribution in [2.45, 2.75) is 217 Å². The molecule has 14 amide bonds. The van der Waals surface area contributed by atoms with E-state index < -0.39 is 225 Å². The number of aromatic nitrogens is 1. The van der Waals surface area contributed by atoms with Crippen LogP contribution >= 0.6 is 0 Å². The summed E-state index contributed by atoms with van der Waals surface area (Å²) in [6.45, 7) is 7.44. The molecular formula is C74H113N17O20. The summed E-state index contributed by atoms with van der Waals surface area (Å²) in [5.41, 5.74) is 24.5. The summed E-state index contributed by atoms with van der Waals surface area (Å²) in [5.74, 6) is -18.6. The minimum Gasteiger partial charge on any atom is -0.481 e. The SMILES string of the molecule is CC(C)CCC[C@@H]1CC(=O)N[C@@H](CO)C(=O)N[C@H](CC(N)=O)C(=O)N[C@@H](CO)C(=O)NCC(=O)N(C)[C@H](Cc2ccccc2)C(=O)N[C@@H](CC(C)C)C(=O)N[C@H](CCCN)C(=O)N[C@@H](CCC(=O)O)C(=O)N[C@H](CC(N)=O)C(=O)N[C@H](Cc2c[nH]c3ccccc23)C(=O)N[C@H](CCCCN)C(=O)N(C)[C@@H](C(C)C)C(=O)O1. The number of unbranched alkanes of at least 4 members (excludes halogenated alkanes) is 1. The molecule has 0 radical (unpaired) electrons. The van der Waals surface area contributed by atoms with E-state index in [1.165, 1.54) is 14.1 Å². The molecule has 0 spiro atoms. The van der Waals surface area contributed by atoms with Crippen LogP contribution in [0.2, 0.25) is 0 Å². The lowest BCUT2D eigenvalue weighted by molar-refractivity contribution is -0.162. The summed E-state index contributed by atoms with van der Waals surface area (Å²) < 4.78 is 6.05. The van der Waals surface area contributed by atoms with Crippen molar-refractivity contribution in [3.8, 4) is 0 Å². The second kappa shape index (κ2) is 46.8. The molecule has 2 aromatic carbocycles. The molecule has 1 saturated heterocycles. The fourth-order valence-corrected chi connectivity index (χ4v) is 12.4. The third-order valence-electron chi connectivity index (χ3n) is 18.5. The van der Waals surface area contributed by atoms with Crippen LogP contribution in [0.4, 0.5) is 0 Å². The van der Waals surface area contributed by atoms with Crippen molar-refractivity contribution in [2.24, 2.45) is 40.7 Å². The smallest absolute Gasteiger partial charge is 0.329 e. The second-order valence-electron chi connectivity index (χ2n) is 28.8. The van der Waals surface area contributed by atoms with Gasteiger partial charge in [-0.15, -0.1) is 0 Å². The summed E-state index contributed by atoms with van der Waals surface area (Å²) in [6.07, 6.45) is -2.96. The number of carboxylic acid groups (broad SMARTS) is 1. The molecule has 1 aliphatic heterocycles. The zero-order chi connectivity index (χ0) is 82.8. The van der Waals surface area contributed by atoms with E-state index in [2.05, 4.69) is 58.2 Å². The molecule has 1 fully saturated rings. The Labute approximate surface area is 644 Å². The number of aliphatic carboxylic acids is 1. The van der Waals surface area contributed by atoms with Crippen LogP contribution in [0.25, 0.3) is 10.9 Å². The number of primary amides is 2. The molecule has 37 heteroatoms. The lowest BCUT2D eigenvalue weighted by atomic mass is 9.99. The molecule has 0 aliphatic carbocycles. The molecule has 4 rings (SSSR count). The third-order valence-corrected chi connectivity index (χ3v) is 18.5. The van der Waals surface area contributed by atoms with Crippen LogP contribution in [-0.2, 0) is 94.3 Å². The molecule has 3 aromatic rings. The van der Waals surface area contributed by atoms with Crippen molar-refractivity contribution >= 4 is 106 Å². The zero-order valence-electron chi connectivity index (χ0n) is 64.3. The Morgan fingerprint density at radius 3 is 1.58 bits per heavy atom. The highest BCUT2D eigenvalue weighted by molar-refractivity contribution is 6.01. The molecule has 37 nitrogen and oxygen atoms in total. The Morgan fingerprint density at radius 1 is 0.523 bits per heavy atom. The first-order valence-electron chi connectivity index (χ1n) is 37.2. The number of ether oxygens (including phenoxy) is 1. The number of nitrogens with one attached hydrogen (secondary N) is 11. The fraction of sp³-hybridized carbons (Fsp3) is 0.595. The Balaban J connectivity index is 1.92. The van der Waals surface area contributed by atoms with Crippen LogP contribution in [0.15, 0.2) is 60.8 Å². The number of H-pyrrole nitrogens is 1. The summed E-state index contributed by atoms with van der Waals surface area (Å²) in [7, 11) is 2.50. The van der Waals surface area contributed by atoms with Gasteiger partial charge < -0.3 is 111 Å². The van der Waals surface area contributed by atoms with Gasteiger partial charge in [0.15, 0.2) is 0 Å². The summed E-state index contributed by atoms with van der Waals surface area (Å²) in [5, 5.41) is 55.8. The van der Waals surface area contributed by atoms with Gasteiger partial charge in [-0.3, -0.25) is 71.9 Å². The number of carboxylic acids is 1. The van der Waals surface area contributed by atoms with Gasteiger partial charge in [0.1, 0.15) is 72.6 Å². The van der Waals surface area contributed by atoms with E-state index in [4.69, 9.17) is 27.7 Å². The van der Waals surface area contributed by atoms with Gasteiger partial charge in [0.2, 0.25) is 82.7 Å². The maximum Gasteiger partial charge on any atom is 0.329 e. The van der Waals surface area contributed by atoms with Crippen LogP contribution in [0.5, 0.6) is 0 Å². The first kappa shape index (κ1) is 92.7. The van der Waals surface area contributed by atoms with Crippen LogP contribution < -0.4 is 76.1 Å². The molecule has 614 valence electrons. The zero-order valence-corrected chi connectivity index (χ0v) is 64.3. The van der Waals surface area contributed by atoms with Crippen molar-refractivity contribution in [1.29, 1.82) is 0 Å². The Bertz CT molecular complexity index is 3690. The monoisotopic (exact) mass is 1560 g/mol. The second-order valence-corrected chi connectivity index (χ2v) is 28.8. The van der Waals surface area contributed by atoms with Crippen LogP contribution in [-0.4, -0.2) is 244 Å². The lowest BCUT2D eigenvalue weighted by Crippen LogP contribution is -2.61. The Hall–Kier alpha value is -10.7. The van der Waals surface area contributed by atoms with Crippen molar-refractivity contribution in [3.63, 3.8) is 0 Å². The summed E-state index contributed by atoms with van der Waals surface area (Å²) >= 11 is 0. The van der Waals surface area contributed by atoms with Gasteiger partial charge in [-0.25, -0.2) is 4.79 Å². The highest BCUT2D eigenvalue weighted by Gasteiger charge is 2.41. The van der Waals surface area contributed by atoms with Crippen molar-refractivity contribution in [1.82, 2.24) is 68.0 Å². The minimum absolute atomic E-state index is 0.0434. The van der Waals surface area contributed by atoms with E-state index in [1.807, 2.05) is 13.8 Å².